The average molecular weight is 373 g/mol. The van der Waals surface area contributed by atoms with Gasteiger partial charge in [0, 0.05) is 11.9 Å². The Bertz CT molecular complexity index is 1030. The van der Waals surface area contributed by atoms with E-state index in [1.807, 2.05) is 101 Å². The number of anilines is 1. The Hall–Kier alpha value is -3.05. The fourth-order valence-electron chi connectivity index (χ4n) is 2.93. The van der Waals surface area contributed by atoms with Crippen LogP contribution in [0.25, 0.3) is 5.52 Å². The molecule has 27 heavy (non-hydrogen) atoms. The Morgan fingerprint density at radius 1 is 0.926 bits per heavy atom. The molecule has 4 nitrogen and oxygen atoms in total. The maximum absolute atomic E-state index is 13.0. The van der Waals surface area contributed by atoms with Crippen molar-refractivity contribution in [3.8, 4) is 0 Å². The SMILES string of the molecule is O=C(CSc1ncc2ccccn12)N(Cc1ccccc1)c1ccccc1. The molecule has 0 bridgehead atoms. The number of fused-ring (bicyclic) bond motifs is 1. The van der Waals surface area contributed by atoms with Gasteiger partial charge in [-0.2, -0.15) is 0 Å². The van der Waals surface area contributed by atoms with E-state index in [0.29, 0.717) is 12.3 Å². The van der Waals surface area contributed by atoms with Crippen LogP contribution in [0.1, 0.15) is 5.56 Å². The van der Waals surface area contributed by atoms with Gasteiger partial charge in [-0.3, -0.25) is 9.20 Å². The molecule has 0 radical (unpaired) electrons. The summed E-state index contributed by atoms with van der Waals surface area (Å²) < 4.78 is 2.00. The summed E-state index contributed by atoms with van der Waals surface area (Å²) in [6.45, 7) is 0.548. The highest BCUT2D eigenvalue weighted by Crippen LogP contribution is 2.22. The molecule has 0 fully saturated rings. The predicted octanol–water partition coefficient (Wildman–Crippen LogP) is 4.66. The Balaban J connectivity index is 1.53. The molecule has 0 unspecified atom stereocenters. The zero-order valence-corrected chi connectivity index (χ0v) is 15.5. The molecule has 4 aromatic rings. The van der Waals surface area contributed by atoms with E-state index in [1.54, 1.807) is 0 Å². The number of pyridine rings is 1. The summed E-state index contributed by atoms with van der Waals surface area (Å²) in [5, 5.41) is 0.826. The lowest BCUT2D eigenvalue weighted by Gasteiger charge is -2.23. The first-order valence-corrected chi connectivity index (χ1v) is 9.74. The third kappa shape index (κ3) is 4.04. The van der Waals surface area contributed by atoms with Gasteiger partial charge < -0.3 is 4.90 Å². The molecule has 0 spiro atoms. The van der Waals surface area contributed by atoms with Gasteiger partial charge in [-0.05, 0) is 29.8 Å². The molecule has 0 atom stereocenters. The van der Waals surface area contributed by atoms with E-state index < -0.39 is 0 Å². The minimum Gasteiger partial charge on any atom is -0.307 e. The van der Waals surface area contributed by atoms with Gasteiger partial charge in [-0.15, -0.1) is 0 Å². The van der Waals surface area contributed by atoms with Gasteiger partial charge in [0.25, 0.3) is 0 Å². The van der Waals surface area contributed by atoms with Crippen LogP contribution in [0.15, 0.2) is 96.4 Å². The zero-order valence-electron chi connectivity index (χ0n) is 14.7. The van der Waals surface area contributed by atoms with Crippen molar-refractivity contribution in [2.75, 3.05) is 10.7 Å². The first-order valence-electron chi connectivity index (χ1n) is 8.75. The third-order valence-corrected chi connectivity index (χ3v) is 5.23. The summed E-state index contributed by atoms with van der Waals surface area (Å²) in [6, 6.07) is 25.8. The van der Waals surface area contributed by atoms with Crippen molar-refractivity contribution >= 4 is 28.9 Å². The number of rotatable bonds is 6. The molecule has 0 aliphatic rings. The summed E-state index contributed by atoms with van der Waals surface area (Å²) in [6.07, 6.45) is 3.79. The van der Waals surface area contributed by atoms with E-state index in [0.717, 1.165) is 21.9 Å². The van der Waals surface area contributed by atoms with Gasteiger partial charge >= 0.3 is 0 Å². The first kappa shape index (κ1) is 17.4. The number of nitrogens with zero attached hydrogens (tertiary/aromatic N) is 3. The van der Waals surface area contributed by atoms with E-state index in [2.05, 4.69) is 4.98 Å². The van der Waals surface area contributed by atoms with Crippen molar-refractivity contribution in [1.82, 2.24) is 9.38 Å². The van der Waals surface area contributed by atoms with Crippen LogP contribution in [-0.4, -0.2) is 21.0 Å². The van der Waals surface area contributed by atoms with Crippen LogP contribution in [-0.2, 0) is 11.3 Å². The van der Waals surface area contributed by atoms with Crippen molar-refractivity contribution in [3.63, 3.8) is 0 Å². The number of imidazole rings is 1. The molecule has 2 heterocycles. The lowest BCUT2D eigenvalue weighted by atomic mass is 10.2. The standard InChI is InChI=1S/C22H19N3OS/c26-21(17-27-22-23-15-20-13-7-8-14-24(20)22)25(19-11-5-2-6-12-19)16-18-9-3-1-4-10-18/h1-15H,16-17H2. The van der Waals surface area contributed by atoms with Gasteiger partial charge in [-0.25, -0.2) is 4.98 Å². The topological polar surface area (TPSA) is 37.6 Å². The number of para-hydroxylation sites is 1. The monoisotopic (exact) mass is 373 g/mol. The Morgan fingerprint density at radius 2 is 1.63 bits per heavy atom. The molecule has 2 aromatic carbocycles. The lowest BCUT2D eigenvalue weighted by Crippen LogP contribution is -2.31. The van der Waals surface area contributed by atoms with Gasteiger partial charge in [0.1, 0.15) is 0 Å². The van der Waals surface area contributed by atoms with Crippen LogP contribution >= 0.6 is 11.8 Å². The largest absolute Gasteiger partial charge is 0.307 e. The normalized spacial score (nSPS) is 10.8. The number of carbonyl (C=O) groups is 1. The Kier molecular flexibility index (Phi) is 5.21. The van der Waals surface area contributed by atoms with Crippen LogP contribution in [0.2, 0.25) is 0 Å². The van der Waals surface area contributed by atoms with E-state index in [-0.39, 0.29) is 5.91 Å². The van der Waals surface area contributed by atoms with Crippen molar-refractivity contribution in [2.24, 2.45) is 0 Å². The van der Waals surface area contributed by atoms with Crippen LogP contribution in [0.5, 0.6) is 0 Å². The summed E-state index contributed by atoms with van der Waals surface area (Å²) in [4.78, 5) is 19.3. The van der Waals surface area contributed by atoms with Gasteiger partial charge in [0.2, 0.25) is 5.91 Å². The molecule has 4 rings (SSSR count). The predicted molar refractivity (Wildman–Crippen MR) is 110 cm³/mol. The van der Waals surface area contributed by atoms with Crippen molar-refractivity contribution < 1.29 is 4.79 Å². The molecule has 134 valence electrons. The summed E-state index contributed by atoms with van der Waals surface area (Å²) in [5.41, 5.74) is 3.03. The Morgan fingerprint density at radius 3 is 2.41 bits per heavy atom. The fraction of sp³-hybridized carbons (Fsp3) is 0.0909. The Labute approximate surface area is 162 Å². The molecular formula is C22H19N3OS. The van der Waals surface area contributed by atoms with Crippen molar-refractivity contribution in [2.45, 2.75) is 11.7 Å². The number of hydrogen-bond acceptors (Lipinski definition) is 3. The number of aromatic nitrogens is 2. The minimum atomic E-state index is 0.0581. The second kappa shape index (κ2) is 8.10. The number of thioether (sulfide) groups is 1. The third-order valence-electron chi connectivity index (χ3n) is 4.28. The molecule has 5 heteroatoms. The summed E-state index contributed by atoms with van der Waals surface area (Å²) in [7, 11) is 0. The second-order valence-electron chi connectivity index (χ2n) is 6.13. The van der Waals surface area contributed by atoms with Crippen molar-refractivity contribution in [3.05, 3.63) is 96.8 Å². The highest BCUT2D eigenvalue weighted by Gasteiger charge is 2.17. The van der Waals surface area contributed by atoms with Crippen LogP contribution in [0, 0.1) is 0 Å². The quantitative estimate of drug-likeness (QED) is 0.461. The molecule has 0 N–H and O–H groups in total. The van der Waals surface area contributed by atoms with E-state index in [4.69, 9.17) is 0 Å². The van der Waals surface area contributed by atoms with Gasteiger partial charge in [-0.1, -0.05) is 66.4 Å². The molecule has 0 aliphatic heterocycles. The molecule has 1 amide bonds. The summed E-state index contributed by atoms with van der Waals surface area (Å²) in [5.74, 6) is 0.387. The van der Waals surface area contributed by atoms with E-state index in [1.165, 1.54) is 11.8 Å². The first-order chi connectivity index (χ1) is 13.3. The molecule has 0 aliphatic carbocycles. The number of benzene rings is 2. The highest BCUT2D eigenvalue weighted by atomic mass is 32.2. The van der Waals surface area contributed by atoms with Crippen LogP contribution in [0.3, 0.4) is 0 Å². The zero-order chi connectivity index (χ0) is 18.5. The molecule has 0 saturated heterocycles. The maximum atomic E-state index is 13.0. The fourth-order valence-corrected chi connectivity index (χ4v) is 3.77. The number of hydrogen-bond donors (Lipinski definition) is 0. The lowest BCUT2D eigenvalue weighted by molar-refractivity contribution is -0.116. The average Bonchev–Trinajstić information content (AvgIpc) is 3.15. The van der Waals surface area contributed by atoms with Crippen molar-refractivity contribution in [1.29, 1.82) is 0 Å². The van der Waals surface area contributed by atoms with Crippen LogP contribution < -0.4 is 4.90 Å². The minimum absolute atomic E-state index is 0.0581. The van der Waals surface area contributed by atoms with Crippen LogP contribution in [0.4, 0.5) is 5.69 Å². The number of amides is 1. The van der Waals surface area contributed by atoms with Gasteiger partial charge in [0.15, 0.2) is 5.16 Å². The molecule has 2 aromatic heterocycles. The smallest absolute Gasteiger partial charge is 0.237 e. The second-order valence-corrected chi connectivity index (χ2v) is 7.07. The number of carbonyl (C=O) groups excluding carboxylic acids is 1. The van der Waals surface area contributed by atoms with E-state index >= 15 is 0 Å². The molecular weight excluding hydrogens is 354 g/mol. The summed E-state index contributed by atoms with van der Waals surface area (Å²) >= 11 is 1.46. The highest BCUT2D eigenvalue weighted by molar-refractivity contribution is 7.99. The van der Waals surface area contributed by atoms with Gasteiger partial charge in [0.05, 0.1) is 24.0 Å². The van der Waals surface area contributed by atoms with E-state index in [9.17, 15) is 4.79 Å². The maximum Gasteiger partial charge on any atom is 0.237 e. The molecule has 0 saturated carbocycles.